The quantitative estimate of drug-likeness (QED) is 0.921. The molecule has 0 saturated carbocycles. The van der Waals surface area contributed by atoms with E-state index < -0.39 is 6.04 Å². The number of hydrogen-bond donors (Lipinski definition) is 1. The molecule has 5 heteroatoms. The number of anilines is 2. The topological polar surface area (TPSA) is 66.6 Å². The summed E-state index contributed by atoms with van der Waals surface area (Å²) in [5.74, 6) is -0.299. The second-order valence-electron chi connectivity index (χ2n) is 5.63. The second-order valence-corrected chi connectivity index (χ2v) is 5.63. The summed E-state index contributed by atoms with van der Waals surface area (Å²) in [6.07, 6.45) is 0. The third-order valence-electron chi connectivity index (χ3n) is 3.99. The van der Waals surface area contributed by atoms with E-state index in [1.165, 1.54) is 6.92 Å². The third kappa shape index (κ3) is 2.96. The van der Waals surface area contributed by atoms with Crippen molar-refractivity contribution in [2.24, 2.45) is 5.73 Å². The Morgan fingerprint density at radius 1 is 1.09 bits per heavy atom. The number of para-hydroxylation sites is 2. The van der Waals surface area contributed by atoms with E-state index in [1.54, 1.807) is 9.80 Å². The van der Waals surface area contributed by atoms with Crippen molar-refractivity contribution in [3.05, 3.63) is 60.2 Å². The summed E-state index contributed by atoms with van der Waals surface area (Å²) < 4.78 is 0. The maximum atomic E-state index is 12.7. The van der Waals surface area contributed by atoms with Gasteiger partial charge in [0.2, 0.25) is 11.8 Å². The third-order valence-corrected chi connectivity index (χ3v) is 3.99. The van der Waals surface area contributed by atoms with Crippen LogP contribution in [0.1, 0.15) is 12.5 Å². The fourth-order valence-electron chi connectivity index (χ4n) is 2.84. The van der Waals surface area contributed by atoms with Crippen LogP contribution in [0.2, 0.25) is 0 Å². The van der Waals surface area contributed by atoms with Gasteiger partial charge in [0.1, 0.15) is 6.04 Å². The molecular formula is C18H19N3O2. The molecule has 2 aromatic carbocycles. The van der Waals surface area contributed by atoms with E-state index in [4.69, 9.17) is 5.73 Å². The fourth-order valence-corrected chi connectivity index (χ4v) is 2.84. The zero-order valence-corrected chi connectivity index (χ0v) is 13.0. The van der Waals surface area contributed by atoms with E-state index >= 15 is 0 Å². The van der Waals surface area contributed by atoms with Crippen LogP contribution in [-0.4, -0.2) is 24.4 Å². The fraction of sp³-hybridized carbons (Fsp3) is 0.222. The van der Waals surface area contributed by atoms with Gasteiger partial charge in [-0.15, -0.1) is 0 Å². The number of carbonyl (C=O) groups excluding carboxylic acids is 2. The molecule has 2 amide bonds. The van der Waals surface area contributed by atoms with E-state index in [0.29, 0.717) is 12.2 Å². The van der Waals surface area contributed by atoms with Crippen LogP contribution < -0.4 is 15.5 Å². The standard InChI is InChI=1S/C18H19N3O2/c1-13(22)20-12-15(19)18(23)21(11-14-7-3-2-4-8-14)17-10-6-5-9-16(17)20/h2-10,15H,11-12,19H2,1H3/t15-/m0/s1. The molecule has 0 unspecified atom stereocenters. The number of rotatable bonds is 2. The molecule has 0 radical (unpaired) electrons. The Labute approximate surface area is 135 Å². The lowest BCUT2D eigenvalue weighted by atomic mass is 10.1. The van der Waals surface area contributed by atoms with Gasteiger partial charge in [-0.2, -0.15) is 0 Å². The zero-order chi connectivity index (χ0) is 16.4. The van der Waals surface area contributed by atoms with Gasteiger partial charge in [0.15, 0.2) is 0 Å². The summed E-state index contributed by atoms with van der Waals surface area (Å²) in [7, 11) is 0. The van der Waals surface area contributed by atoms with Crippen LogP contribution in [0.15, 0.2) is 54.6 Å². The first kappa shape index (κ1) is 15.2. The molecule has 0 aliphatic carbocycles. The van der Waals surface area contributed by atoms with Gasteiger partial charge in [-0.25, -0.2) is 0 Å². The minimum absolute atomic E-state index is 0.123. The highest BCUT2D eigenvalue weighted by atomic mass is 16.2. The van der Waals surface area contributed by atoms with Crippen molar-refractivity contribution in [2.45, 2.75) is 19.5 Å². The van der Waals surface area contributed by atoms with Crippen LogP contribution >= 0.6 is 0 Å². The van der Waals surface area contributed by atoms with Gasteiger partial charge >= 0.3 is 0 Å². The molecule has 1 heterocycles. The first-order valence-electron chi connectivity index (χ1n) is 7.56. The minimum atomic E-state index is -0.741. The number of nitrogens with zero attached hydrogens (tertiary/aromatic N) is 2. The number of nitrogens with two attached hydrogens (primary N) is 1. The molecule has 2 aromatic rings. The lowest BCUT2D eigenvalue weighted by Gasteiger charge is -2.25. The Hall–Kier alpha value is -2.66. The summed E-state index contributed by atoms with van der Waals surface area (Å²) in [6, 6.07) is 16.4. The smallest absolute Gasteiger partial charge is 0.246 e. The Kier molecular flexibility index (Phi) is 4.12. The first-order valence-corrected chi connectivity index (χ1v) is 7.56. The molecule has 0 fully saturated rings. The zero-order valence-electron chi connectivity index (χ0n) is 13.0. The van der Waals surface area contributed by atoms with Crippen LogP contribution in [0, 0.1) is 0 Å². The monoisotopic (exact) mass is 309 g/mol. The minimum Gasteiger partial charge on any atom is -0.318 e. The van der Waals surface area contributed by atoms with E-state index in [0.717, 1.165) is 11.3 Å². The van der Waals surface area contributed by atoms with Crippen molar-refractivity contribution in [3.8, 4) is 0 Å². The van der Waals surface area contributed by atoms with Gasteiger partial charge in [0.05, 0.1) is 24.5 Å². The SMILES string of the molecule is CC(=O)N1C[C@H](N)C(=O)N(Cc2ccccc2)c2ccccc21. The molecule has 23 heavy (non-hydrogen) atoms. The predicted octanol–water partition coefficient (Wildman–Crippen LogP) is 1.91. The molecule has 0 bridgehead atoms. The van der Waals surface area contributed by atoms with Crippen molar-refractivity contribution in [2.75, 3.05) is 16.3 Å². The lowest BCUT2D eigenvalue weighted by molar-refractivity contribution is -0.119. The van der Waals surface area contributed by atoms with Crippen LogP contribution in [0.5, 0.6) is 0 Å². The highest BCUT2D eigenvalue weighted by Crippen LogP contribution is 2.33. The van der Waals surface area contributed by atoms with E-state index in [2.05, 4.69) is 0 Å². The van der Waals surface area contributed by atoms with Gasteiger partial charge in [-0.1, -0.05) is 42.5 Å². The van der Waals surface area contributed by atoms with Crippen molar-refractivity contribution >= 4 is 23.2 Å². The molecule has 2 N–H and O–H groups in total. The van der Waals surface area contributed by atoms with Crippen LogP contribution in [0.4, 0.5) is 11.4 Å². The summed E-state index contributed by atoms with van der Waals surface area (Å²) in [5.41, 5.74) is 8.49. The Balaban J connectivity index is 2.07. The summed E-state index contributed by atoms with van der Waals surface area (Å²) in [5, 5.41) is 0. The number of carbonyl (C=O) groups is 2. The summed E-state index contributed by atoms with van der Waals surface area (Å²) in [6.45, 7) is 2.10. The summed E-state index contributed by atoms with van der Waals surface area (Å²) in [4.78, 5) is 28.0. The molecule has 0 saturated heterocycles. The average molecular weight is 309 g/mol. The van der Waals surface area contributed by atoms with Crippen LogP contribution in [-0.2, 0) is 16.1 Å². The van der Waals surface area contributed by atoms with Crippen LogP contribution in [0.3, 0.4) is 0 Å². The molecular weight excluding hydrogens is 290 g/mol. The van der Waals surface area contributed by atoms with Gasteiger partial charge in [0.25, 0.3) is 0 Å². The second kappa shape index (κ2) is 6.22. The van der Waals surface area contributed by atoms with E-state index in [1.807, 2.05) is 54.6 Å². The molecule has 118 valence electrons. The average Bonchev–Trinajstić information content (AvgIpc) is 2.66. The lowest BCUT2D eigenvalue weighted by Crippen LogP contribution is -2.47. The molecule has 1 aliphatic rings. The molecule has 0 spiro atoms. The molecule has 3 rings (SSSR count). The molecule has 1 atom stereocenters. The largest absolute Gasteiger partial charge is 0.318 e. The maximum Gasteiger partial charge on any atom is 0.246 e. The highest BCUT2D eigenvalue weighted by Gasteiger charge is 2.32. The van der Waals surface area contributed by atoms with E-state index in [9.17, 15) is 9.59 Å². The van der Waals surface area contributed by atoms with Crippen molar-refractivity contribution < 1.29 is 9.59 Å². The van der Waals surface area contributed by atoms with Crippen molar-refractivity contribution in [1.29, 1.82) is 0 Å². The molecule has 5 nitrogen and oxygen atoms in total. The number of fused-ring (bicyclic) bond motifs is 1. The number of benzene rings is 2. The summed E-state index contributed by atoms with van der Waals surface area (Å²) >= 11 is 0. The van der Waals surface area contributed by atoms with Crippen molar-refractivity contribution in [1.82, 2.24) is 0 Å². The van der Waals surface area contributed by atoms with Gasteiger partial charge < -0.3 is 15.5 Å². The number of amides is 2. The molecule has 1 aliphatic heterocycles. The Morgan fingerprint density at radius 2 is 1.70 bits per heavy atom. The van der Waals surface area contributed by atoms with E-state index in [-0.39, 0.29) is 18.4 Å². The normalized spacial score (nSPS) is 17.7. The first-order chi connectivity index (χ1) is 11.1. The van der Waals surface area contributed by atoms with Crippen LogP contribution in [0.25, 0.3) is 0 Å². The Bertz CT molecular complexity index is 730. The van der Waals surface area contributed by atoms with Gasteiger partial charge in [0, 0.05) is 6.92 Å². The van der Waals surface area contributed by atoms with Gasteiger partial charge in [-0.05, 0) is 17.7 Å². The Morgan fingerprint density at radius 3 is 2.35 bits per heavy atom. The highest BCUT2D eigenvalue weighted by molar-refractivity contribution is 6.06. The van der Waals surface area contributed by atoms with Gasteiger partial charge in [-0.3, -0.25) is 9.59 Å². The van der Waals surface area contributed by atoms with Crippen molar-refractivity contribution in [3.63, 3.8) is 0 Å². The maximum absolute atomic E-state index is 12.7. The number of hydrogen-bond acceptors (Lipinski definition) is 3. The predicted molar refractivity (Wildman–Crippen MR) is 90.1 cm³/mol. The molecule has 0 aromatic heterocycles.